The third-order valence-electron chi connectivity index (χ3n) is 4.50. The number of ether oxygens (including phenoxy) is 1. The predicted molar refractivity (Wildman–Crippen MR) is 115 cm³/mol. The minimum atomic E-state index is -4.33. The number of aromatic nitrogens is 1. The van der Waals surface area contributed by atoms with Gasteiger partial charge in [-0.3, -0.25) is 4.79 Å². The molecule has 0 aliphatic heterocycles. The number of carbonyl (C=O) groups is 1. The lowest BCUT2D eigenvalue weighted by atomic mass is 10.1. The highest BCUT2D eigenvalue weighted by atomic mass is 32.1. The summed E-state index contributed by atoms with van der Waals surface area (Å²) in [4.78, 5) is 18.0. The number of nitrogens with one attached hydrogen (secondary N) is 1. The smallest absolute Gasteiger partial charge is 0.367 e. The molecule has 0 bridgehead atoms. The monoisotopic (exact) mass is 448 g/mol. The van der Waals surface area contributed by atoms with Crippen LogP contribution in [0.3, 0.4) is 0 Å². The van der Waals surface area contributed by atoms with Crippen molar-refractivity contribution in [3.05, 3.63) is 75.1 Å². The quantitative estimate of drug-likeness (QED) is 0.504. The lowest BCUT2D eigenvalue weighted by Gasteiger charge is -2.09. The fourth-order valence-electron chi connectivity index (χ4n) is 2.97. The molecule has 3 aromatic rings. The van der Waals surface area contributed by atoms with Crippen LogP contribution in [-0.2, 0) is 29.1 Å². The Morgan fingerprint density at radius 2 is 1.68 bits per heavy atom. The molecule has 0 saturated carbocycles. The van der Waals surface area contributed by atoms with E-state index >= 15 is 0 Å². The minimum Gasteiger partial charge on any atom is -0.367 e. The first-order valence-electron chi connectivity index (χ1n) is 9.72. The zero-order valence-electron chi connectivity index (χ0n) is 17.3. The van der Waals surface area contributed by atoms with Crippen molar-refractivity contribution in [1.29, 1.82) is 0 Å². The van der Waals surface area contributed by atoms with E-state index < -0.39 is 12.8 Å². The van der Waals surface area contributed by atoms with Gasteiger partial charge in [-0.05, 0) is 25.0 Å². The van der Waals surface area contributed by atoms with Crippen molar-refractivity contribution < 1.29 is 22.7 Å². The highest BCUT2D eigenvalue weighted by Gasteiger charge is 2.27. The van der Waals surface area contributed by atoms with Crippen LogP contribution >= 0.6 is 11.3 Å². The molecule has 0 spiro atoms. The first-order valence-corrected chi connectivity index (χ1v) is 10.5. The van der Waals surface area contributed by atoms with Crippen molar-refractivity contribution >= 4 is 17.2 Å². The molecule has 1 N–H and O–H groups in total. The summed E-state index contributed by atoms with van der Waals surface area (Å²) in [7, 11) is 0. The first kappa shape index (κ1) is 23.0. The number of nitrogens with zero attached hydrogens (tertiary/aromatic N) is 1. The van der Waals surface area contributed by atoms with Crippen LogP contribution in [0.15, 0.2) is 48.5 Å². The van der Waals surface area contributed by atoms with Gasteiger partial charge in [0.05, 0.1) is 23.7 Å². The third-order valence-corrected chi connectivity index (χ3v) is 5.47. The fraction of sp³-hybridized carbons (Fsp3) is 0.304. The second-order valence-electron chi connectivity index (χ2n) is 7.25. The molecule has 0 radical (unpaired) electrons. The first-order chi connectivity index (χ1) is 14.7. The van der Waals surface area contributed by atoms with Crippen molar-refractivity contribution in [2.45, 2.75) is 39.6 Å². The van der Waals surface area contributed by atoms with Crippen LogP contribution in [-0.4, -0.2) is 23.7 Å². The van der Waals surface area contributed by atoms with Gasteiger partial charge in [0.2, 0.25) is 5.91 Å². The zero-order chi connectivity index (χ0) is 22.4. The number of halogens is 3. The number of rotatable bonds is 8. The van der Waals surface area contributed by atoms with E-state index in [2.05, 4.69) is 15.0 Å². The highest BCUT2D eigenvalue weighted by Crippen LogP contribution is 2.28. The van der Waals surface area contributed by atoms with E-state index in [0.29, 0.717) is 12.1 Å². The van der Waals surface area contributed by atoms with Crippen LogP contribution in [0, 0.1) is 13.8 Å². The minimum absolute atomic E-state index is 0.112. The summed E-state index contributed by atoms with van der Waals surface area (Å²) < 4.78 is 41.0. The Morgan fingerprint density at radius 3 is 2.32 bits per heavy atom. The third kappa shape index (κ3) is 7.18. The summed E-state index contributed by atoms with van der Waals surface area (Å²) in [5.74, 6) is -0.116. The maximum Gasteiger partial charge on any atom is 0.411 e. The van der Waals surface area contributed by atoms with E-state index in [1.54, 1.807) is 24.3 Å². The summed E-state index contributed by atoms with van der Waals surface area (Å²) in [5.41, 5.74) is 4.48. The molecule has 164 valence electrons. The fourth-order valence-corrected chi connectivity index (χ4v) is 3.93. The topological polar surface area (TPSA) is 51.2 Å². The molecule has 0 saturated heterocycles. The predicted octanol–water partition coefficient (Wildman–Crippen LogP) is 5.36. The Morgan fingerprint density at radius 1 is 1.03 bits per heavy atom. The molecule has 2 aromatic carbocycles. The Hall–Kier alpha value is -2.71. The maximum absolute atomic E-state index is 12.5. The van der Waals surface area contributed by atoms with E-state index in [1.807, 2.05) is 38.1 Å². The summed E-state index contributed by atoms with van der Waals surface area (Å²) in [5, 5.41) is 3.79. The number of benzene rings is 2. The Kier molecular flexibility index (Phi) is 7.46. The summed E-state index contributed by atoms with van der Waals surface area (Å²) in [6, 6.07) is 15.0. The molecule has 3 rings (SSSR count). The largest absolute Gasteiger partial charge is 0.411 e. The average Bonchev–Trinajstić information content (AvgIpc) is 3.07. The van der Waals surface area contributed by atoms with Gasteiger partial charge >= 0.3 is 6.18 Å². The maximum atomic E-state index is 12.5. The van der Waals surface area contributed by atoms with Crippen LogP contribution in [0.25, 0.3) is 11.3 Å². The van der Waals surface area contributed by atoms with Gasteiger partial charge in [0.25, 0.3) is 0 Å². The molecule has 0 fully saturated rings. The summed E-state index contributed by atoms with van der Waals surface area (Å²) in [6.07, 6.45) is -4.10. The van der Waals surface area contributed by atoms with Crippen LogP contribution in [0.1, 0.15) is 26.6 Å². The molecule has 4 nitrogen and oxygen atoms in total. The van der Waals surface area contributed by atoms with E-state index in [4.69, 9.17) is 0 Å². The number of carbonyl (C=O) groups excluding carboxylic acids is 1. The molecule has 0 unspecified atom stereocenters. The van der Waals surface area contributed by atoms with Gasteiger partial charge in [0.15, 0.2) is 0 Å². The lowest BCUT2D eigenvalue weighted by Crippen LogP contribution is -2.24. The van der Waals surface area contributed by atoms with Gasteiger partial charge in [-0.2, -0.15) is 13.2 Å². The molecular weight excluding hydrogens is 425 g/mol. The van der Waals surface area contributed by atoms with Gasteiger partial charge in [-0.25, -0.2) is 4.98 Å². The van der Waals surface area contributed by atoms with Crippen LogP contribution in [0.4, 0.5) is 13.2 Å². The molecular formula is C23H23F3N2O2S. The molecule has 0 aliphatic carbocycles. The van der Waals surface area contributed by atoms with Crippen LogP contribution in [0.2, 0.25) is 0 Å². The average molecular weight is 449 g/mol. The second kappa shape index (κ2) is 10.1. The number of hydrogen-bond acceptors (Lipinski definition) is 4. The molecule has 31 heavy (non-hydrogen) atoms. The van der Waals surface area contributed by atoms with Crippen molar-refractivity contribution in [1.82, 2.24) is 10.3 Å². The standard InChI is InChI=1S/C23H23F3N2O2S/c1-15-3-9-19(10-4-15)22-20(31-16(2)28-22)11-21(29)27-12-17-5-7-18(8-6-17)13-30-14-23(24,25)26/h3-10H,11-14H2,1-2H3,(H,27,29). The molecule has 0 atom stereocenters. The summed E-state index contributed by atoms with van der Waals surface area (Å²) >= 11 is 1.51. The Bertz CT molecular complexity index is 1010. The van der Waals surface area contributed by atoms with Gasteiger partial charge < -0.3 is 10.1 Å². The van der Waals surface area contributed by atoms with Crippen molar-refractivity contribution in [2.75, 3.05) is 6.61 Å². The van der Waals surface area contributed by atoms with Gasteiger partial charge in [0, 0.05) is 17.0 Å². The number of hydrogen-bond donors (Lipinski definition) is 1. The van der Waals surface area contributed by atoms with Crippen molar-refractivity contribution in [2.24, 2.45) is 0 Å². The van der Waals surface area contributed by atoms with E-state index in [0.717, 1.165) is 32.3 Å². The van der Waals surface area contributed by atoms with Crippen molar-refractivity contribution in [3.8, 4) is 11.3 Å². The molecule has 1 heterocycles. The van der Waals surface area contributed by atoms with Gasteiger partial charge in [0.1, 0.15) is 6.61 Å². The number of aryl methyl sites for hydroxylation is 2. The van der Waals surface area contributed by atoms with Gasteiger partial charge in [-0.15, -0.1) is 11.3 Å². The molecule has 1 amide bonds. The number of amides is 1. The van der Waals surface area contributed by atoms with Crippen LogP contribution in [0.5, 0.6) is 0 Å². The van der Waals surface area contributed by atoms with Crippen LogP contribution < -0.4 is 5.32 Å². The van der Waals surface area contributed by atoms with Gasteiger partial charge in [-0.1, -0.05) is 54.1 Å². The van der Waals surface area contributed by atoms with E-state index in [-0.39, 0.29) is 18.9 Å². The summed E-state index contributed by atoms with van der Waals surface area (Å²) in [6.45, 7) is 2.89. The Balaban J connectivity index is 1.53. The normalized spacial score (nSPS) is 11.5. The number of thiazole rings is 1. The van der Waals surface area contributed by atoms with E-state index in [9.17, 15) is 18.0 Å². The molecule has 8 heteroatoms. The highest BCUT2D eigenvalue weighted by molar-refractivity contribution is 7.12. The lowest BCUT2D eigenvalue weighted by molar-refractivity contribution is -0.176. The van der Waals surface area contributed by atoms with E-state index in [1.165, 1.54) is 11.3 Å². The second-order valence-corrected chi connectivity index (χ2v) is 8.54. The zero-order valence-corrected chi connectivity index (χ0v) is 18.1. The van der Waals surface area contributed by atoms with Crippen molar-refractivity contribution in [3.63, 3.8) is 0 Å². The number of alkyl halides is 3. The molecule has 0 aliphatic rings. The molecule has 1 aromatic heterocycles. The Labute approximate surface area is 183 Å². The SMILES string of the molecule is Cc1ccc(-c2nc(C)sc2CC(=O)NCc2ccc(COCC(F)(F)F)cc2)cc1.